The number of H-pyrrole nitrogens is 1. The summed E-state index contributed by atoms with van der Waals surface area (Å²) in [6, 6.07) is 7.78. The van der Waals surface area contributed by atoms with Gasteiger partial charge in [-0.25, -0.2) is 4.98 Å². The Labute approximate surface area is 146 Å². The molecule has 0 spiro atoms. The highest BCUT2D eigenvalue weighted by Crippen LogP contribution is 2.20. The predicted octanol–water partition coefficient (Wildman–Crippen LogP) is 2.67. The summed E-state index contributed by atoms with van der Waals surface area (Å²) in [4.78, 5) is 22.6. The lowest BCUT2D eigenvalue weighted by molar-refractivity contribution is 0.0618. The van der Waals surface area contributed by atoms with Crippen molar-refractivity contribution < 1.29 is 9.53 Å². The molecule has 6 nitrogen and oxygen atoms in total. The van der Waals surface area contributed by atoms with E-state index in [1.165, 1.54) is 0 Å². The van der Waals surface area contributed by atoms with Gasteiger partial charge in [0, 0.05) is 60.7 Å². The fourth-order valence-corrected chi connectivity index (χ4v) is 3.45. The number of rotatable bonds is 4. The van der Waals surface area contributed by atoms with E-state index in [9.17, 15) is 4.79 Å². The molecule has 0 bridgehead atoms. The van der Waals surface area contributed by atoms with Crippen LogP contribution in [0, 0.1) is 5.92 Å². The van der Waals surface area contributed by atoms with Crippen molar-refractivity contribution in [3.63, 3.8) is 0 Å². The van der Waals surface area contributed by atoms with Gasteiger partial charge < -0.3 is 19.2 Å². The molecule has 0 saturated heterocycles. The first-order valence-electron chi connectivity index (χ1n) is 8.68. The van der Waals surface area contributed by atoms with E-state index in [1.807, 2.05) is 48.5 Å². The third kappa shape index (κ3) is 3.17. The minimum absolute atomic E-state index is 0.0426. The maximum absolute atomic E-state index is 13.1. The van der Waals surface area contributed by atoms with Gasteiger partial charge in [-0.2, -0.15) is 0 Å². The topological polar surface area (TPSA) is 63.1 Å². The van der Waals surface area contributed by atoms with Crippen LogP contribution < -0.4 is 0 Å². The van der Waals surface area contributed by atoms with Crippen molar-refractivity contribution in [1.82, 2.24) is 19.4 Å². The Morgan fingerprint density at radius 2 is 2.28 bits per heavy atom. The molecule has 0 radical (unpaired) electrons. The van der Waals surface area contributed by atoms with Crippen LogP contribution in [-0.2, 0) is 17.8 Å². The van der Waals surface area contributed by atoms with Gasteiger partial charge in [0.25, 0.3) is 5.91 Å². The summed E-state index contributed by atoms with van der Waals surface area (Å²) < 4.78 is 7.76. The molecule has 1 atom stereocenters. The Kier molecular flexibility index (Phi) is 4.28. The van der Waals surface area contributed by atoms with Crippen LogP contribution in [-0.4, -0.2) is 45.1 Å². The van der Waals surface area contributed by atoms with Crippen LogP contribution in [0.15, 0.2) is 42.9 Å². The van der Waals surface area contributed by atoms with E-state index in [-0.39, 0.29) is 11.8 Å². The summed E-state index contributed by atoms with van der Waals surface area (Å²) in [5, 5.41) is 1.05. The number of imidazole rings is 1. The number of carbonyl (C=O) groups excluding carboxylic acids is 1. The van der Waals surface area contributed by atoms with Gasteiger partial charge in [0.1, 0.15) is 5.82 Å². The number of hydrogen-bond donors (Lipinski definition) is 1. The van der Waals surface area contributed by atoms with Crippen LogP contribution in [0.5, 0.6) is 0 Å². The Balaban J connectivity index is 1.61. The second kappa shape index (κ2) is 6.72. The first-order valence-corrected chi connectivity index (χ1v) is 8.68. The van der Waals surface area contributed by atoms with Crippen LogP contribution in [0.3, 0.4) is 0 Å². The second-order valence-electron chi connectivity index (χ2n) is 6.49. The molecule has 6 heteroatoms. The lowest BCUT2D eigenvalue weighted by Crippen LogP contribution is -2.35. The lowest BCUT2D eigenvalue weighted by Gasteiger charge is -2.24. The molecule has 0 unspecified atom stereocenters. The third-order valence-electron chi connectivity index (χ3n) is 4.71. The van der Waals surface area contributed by atoms with Crippen LogP contribution >= 0.6 is 0 Å². The van der Waals surface area contributed by atoms with E-state index in [1.54, 1.807) is 6.20 Å². The van der Waals surface area contributed by atoms with Gasteiger partial charge in [-0.3, -0.25) is 4.79 Å². The van der Waals surface area contributed by atoms with Gasteiger partial charge in [-0.05, 0) is 31.2 Å². The van der Waals surface area contributed by atoms with E-state index in [4.69, 9.17) is 4.74 Å². The number of hydrogen-bond acceptors (Lipinski definition) is 3. The largest absolute Gasteiger partial charge is 0.381 e. The van der Waals surface area contributed by atoms with Crippen molar-refractivity contribution in [3.05, 3.63) is 54.2 Å². The molecule has 0 fully saturated rings. The van der Waals surface area contributed by atoms with Gasteiger partial charge in [0.15, 0.2) is 0 Å². The van der Waals surface area contributed by atoms with E-state index >= 15 is 0 Å². The summed E-state index contributed by atoms with van der Waals surface area (Å²) in [5.41, 5.74) is 1.75. The zero-order valence-corrected chi connectivity index (χ0v) is 14.3. The highest BCUT2D eigenvalue weighted by atomic mass is 16.5. The smallest absolute Gasteiger partial charge is 0.254 e. The molecule has 1 aliphatic rings. The van der Waals surface area contributed by atoms with E-state index in [2.05, 4.69) is 14.5 Å². The van der Waals surface area contributed by atoms with Gasteiger partial charge in [-0.1, -0.05) is 0 Å². The molecule has 1 N–H and O–H groups in total. The highest BCUT2D eigenvalue weighted by Gasteiger charge is 2.26. The number of nitrogens with one attached hydrogen (secondary N) is 1. The first kappa shape index (κ1) is 15.9. The van der Waals surface area contributed by atoms with Gasteiger partial charge >= 0.3 is 0 Å². The van der Waals surface area contributed by atoms with E-state index in [0.717, 1.165) is 23.3 Å². The van der Waals surface area contributed by atoms with Crippen LogP contribution in [0.2, 0.25) is 0 Å². The predicted molar refractivity (Wildman–Crippen MR) is 95.2 cm³/mol. The Morgan fingerprint density at radius 1 is 1.36 bits per heavy atom. The molecule has 130 valence electrons. The van der Waals surface area contributed by atoms with Gasteiger partial charge in [0.2, 0.25) is 0 Å². The van der Waals surface area contributed by atoms with Gasteiger partial charge in [0.05, 0.1) is 13.2 Å². The average Bonchev–Trinajstić information content (AvgIpc) is 3.23. The summed E-state index contributed by atoms with van der Waals surface area (Å²) in [7, 11) is 0. The average molecular weight is 338 g/mol. The highest BCUT2D eigenvalue weighted by molar-refractivity contribution is 5.98. The second-order valence-corrected chi connectivity index (χ2v) is 6.49. The minimum atomic E-state index is 0.0426. The number of benzene rings is 1. The molecule has 1 amide bonds. The zero-order valence-electron chi connectivity index (χ0n) is 14.3. The van der Waals surface area contributed by atoms with Crippen molar-refractivity contribution in [2.24, 2.45) is 5.92 Å². The normalized spacial score (nSPS) is 17.5. The summed E-state index contributed by atoms with van der Waals surface area (Å²) >= 11 is 0. The molecule has 1 aliphatic heterocycles. The fraction of sp³-hybridized carbons (Fsp3) is 0.368. The number of aromatic amines is 1. The minimum Gasteiger partial charge on any atom is -0.381 e. The van der Waals surface area contributed by atoms with Crippen molar-refractivity contribution in [3.8, 4) is 0 Å². The molecule has 3 aromatic rings. The summed E-state index contributed by atoms with van der Waals surface area (Å²) in [6.07, 6.45) is 5.67. The number of amides is 1. The molecule has 0 saturated carbocycles. The van der Waals surface area contributed by atoms with Crippen LogP contribution in [0.25, 0.3) is 10.9 Å². The molecule has 2 aromatic heterocycles. The van der Waals surface area contributed by atoms with Crippen LogP contribution in [0.4, 0.5) is 0 Å². The van der Waals surface area contributed by atoms with Crippen molar-refractivity contribution >= 4 is 16.8 Å². The maximum Gasteiger partial charge on any atom is 0.254 e. The number of aromatic nitrogens is 3. The number of ether oxygens (including phenoxy) is 1. The van der Waals surface area contributed by atoms with E-state index in [0.29, 0.717) is 31.9 Å². The SMILES string of the molecule is CCOC[C@H]1CN(C(=O)c2ccc3[nH]ccc3c2)Cc2nccn2C1. The zero-order chi connectivity index (χ0) is 17.2. The van der Waals surface area contributed by atoms with Gasteiger partial charge in [-0.15, -0.1) is 0 Å². The molecule has 0 aliphatic carbocycles. The monoisotopic (exact) mass is 338 g/mol. The van der Waals surface area contributed by atoms with Crippen molar-refractivity contribution in [1.29, 1.82) is 0 Å². The Hall–Kier alpha value is -2.60. The summed E-state index contributed by atoms with van der Waals surface area (Å²) in [6.45, 7) is 5.36. The third-order valence-corrected chi connectivity index (χ3v) is 4.71. The van der Waals surface area contributed by atoms with E-state index < -0.39 is 0 Å². The molecule has 3 heterocycles. The number of carbonyl (C=O) groups is 1. The van der Waals surface area contributed by atoms with Crippen molar-refractivity contribution in [2.45, 2.75) is 20.0 Å². The number of nitrogens with zero attached hydrogens (tertiary/aromatic N) is 3. The molecule has 1 aromatic carbocycles. The lowest BCUT2D eigenvalue weighted by atomic mass is 10.1. The Morgan fingerprint density at radius 3 is 3.16 bits per heavy atom. The molecular formula is C19H22N4O2. The maximum atomic E-state index is 13.1. The molecule has 25 heavy (non-hydrogen) atoms. The van der Waals surface area contributed by atoms with Crippen LogP contribution in [0.1, 0.15) is 23.1 Å². The van der Waals surface area contributed by atoms with Crippen molar-refractivity contribution in [2.75, 3.05) is 19.8 Å². The summed E-state index contributed by atoms with van der Waals surface area (Å²) in [5.74, 6) is 1.23. The Bertz CT molecular complexity index is 882. The molecular weight excluding hydrogens is 316 g/mol. The number of fused-ring (bicyclic) bond motifs is 2. The quantitative estimate of drug-likeness (QED) is 0.795. The standard InChI is InChI=1S/C19H22N4O2/c1-2-25-13-14-10-22-8-7-21-18(22)12-23(11-14)19(24)16-3-4-17-15(9-16)5-6-20-17/h3-9,14,20H,2,10-13H2,1H3/t14-/m1/s1. The molecule has 4 rings (SSSR count). The first-order chi connectivity index (χ1) is 12.2. The fourth-order valence-electron chi connectivity index (χ4n) is 3.45.